The molecule has 4 atom stereocenters. The summed E-state index contributed by atoms with van der Waals surface area (Å²) < 4.78 is 0. The summed E-state index contributed by atoms with van der Waals surface area (Å²) in [6, 6.07) is 0.448. The molecule has 1 heterocycles. The van der Waals surface area contributed by atoms with Crippen LogP contribution < -0.4 is 0 Å². The lowest BCUT2D eigenvalue weighted by Crippen LogP contribution is -2.25. The van der Waals surface area contributed by atoms with Crippen LogP contribution in [-0.4, -0.2) is 29.2 Å². The molecule has 112 valence electrons. The van der Waals surface area contributed by atoms with Crippen LogP contribution in [0.4, 0.5) is 0 Å². The van der Waals surface area contributed by atoms with E-state index >= 15 is 0 Å². The largest absolute Gasteiger partial charge is 0.389 e. The van der Waals surface area contributed by atoms with E-state index in [9.17, 15) is 5.11 Å². The first-order valence-corrected chi connectivity index (χ1v) is 8.69. The smallest absolute Gasteiger partial charge is 0.0729 e. The minimum absolute atomic E-state index is 0.276. The van der Waals surface area contributed by atoms with Crippen molar-refractivity contribution in [1.82, 2.24) is 0 Å². The minimum Gasteiger partial charge on any atom is -0.389 e. The van der Waals surface area contributed by atoms with Crippen molar-refractivity contribution < 1.29 is 5.11 Å². The molecule has 2 rings (SSSR count). The summed E-state index contributed by atoms with van der Waals surface area (Å²) in [7, 11) is 0. The molecule has 0 radical (unpaired) electrons. The van der Waals surface area contributed by atoms with E-state index in [0.29, 0.717) is 23.8 Å². The Bertz CT molecular complexity index is 425. The number of aliphatic hydroxyl groups excluding tert-OH is 1. The number of nitrogens with zero attached hydrogens (tertiary/aromatic N) is 1. The average Bonchev–Trinajstić information content (AvgIpc) is 2.65. The first-order chi connectivity index (χ1) is 9.47. The number of aliphatic imine (C=N–C) groups is 1. The zero-order valence-corrected chi connectivity index (χ0v) is 13.9. The van der Waals surface area contributed by atoms with E-state index < -0.39 is 0 Å². The van der Waals surface area contributed by atoms with E-state index in [1.165, 1.54) is 10.5 Å². The van der Waals surface area contributed by atoms with Gasteiger partial charge in [0.2, 0.25) is 0 Å². The molecule has 1 aliphatic carbocycles. The van der Waals surface area contributed by atoms with Gasteiger partial charge in [-0.2, -0.15) is 0 Å². The second-order valence-corrected chi connectivity index (χ2v) is 7.61. The van der Waals surface area contributed by atoms with Crippen molar-refractivity contribution in [3.8, 4) is 0 Å². The molecular formula is C17H27NOS. The molecule has 3 heteroatoms. The molecule has 0 amide bonds. The van der Waals surface area contributed by atoms with Crippen molar-refractivity contribution in [3.63, 3.8) is 0 Å². The third-order valence-electron chi connectivity index (χ3n) is 4.37. The molecule has 0 bridgehead atoms. The number of thioether (sulfide) groups is 1. The molecule has 20 heavy (non-hydrogen) atoms. The van der Waals surface area contributed by atoms with Crippen LogP contribution in [0.3, 0.4) is 0 Å². The van der Waals surface area contributed by atoms with Gasteiger partial charge in [-0.3, -0.25) is 4.99 Å². The van der Waals surface area contributed by atoms with Crippen molar-refractivity contribution in [1.29, 1.82) is 0 Å². The van der Waals surface area contributed by atoms with Crippen LogP contribution in [0.1, 0.15) is 40.5 Å². The summed E-state index contributed by atoms with van der Waals surface area (Å²) in [5.41, 5.74) is 1.19. The van der Waals surface area contributed by atoms with Crippen molar-refractivity contribution in [2.75, 3.05) is 5.75 Å². The normalized spacial score (nSPS) is 34.1. The molecule has 1 N–H and O–H groups in total. The third-order valence-corrected chi connectivity index (χ3v) is 5.61. The van der Waals surface area contributed by atoms with Crippen LogP contribution >= 0.6 is 11.8 Å². The first-order valence-electron chi connectivity index (χ1n) is 7.70. The average molecular weight is 293 g/mol. The lowest BCUT2D eigenvalue weighted by atomic mass is 9.84. The number of hydrogen-bond acceptors (Lipinski definition) is 3. The van der Waals surface area contributed by atoms with Crippen LogP contribution in [-0.2, 0) is 0 Å². The maximum atomic E-state index is 9.78. The molecule has 2 nitrogen and oxygen atoms in total. The lowest BCUT2D eigenvalue weighted by molar-refractivity contribution is 0.214. The Morgan fingerprint density at radius 3 is 2.90 bits per heavy atom. The van der Waals surface area contributed by atoms with Crippen molar-refractivity contribution in [2.45, 2.75) is 52.7 Å². The molecule has 4 unspecified atom stereocenters. The molecule has 0 spiro atoms. The van der Waals surface area contributed by atoms with Gasteiger partial charge >= 0.3 is 0 Å². The van der Waals surface area contributed by atoms with E-state index in [4.69, 9.17) is 0 Å². The number of rotatable bonds is 4. The standard InChI is InChI=1S/C17H27NOS/c1-11(2)16-9-18-13(4)17(16)10-20-15-6-5-14(19)7-12(3)8-15/h7-9,11,13-14,16-17,19H,5-6,10H2,1-4H3. The molecule has 0 fully saturated rings. The van der Waals surface area contributed by atoms with Crippen LogP contribution in [0, 0.1) is 17.8 Å². The second kappa shape index (κ2) is 6.95. The van der Waals surface area contributed by atoms with Gasteiger partial charge in [-0.15, -0.1) is 11.8 Å². The SMILES string of the molecule is CC1=CC(O)CCC(SCC2C(C)N=CC2C(C)C)=C1. The van der Waals surface area contributed by atoms with Gasteiger partial charge in [-0.05, 0) is 49.5 Å². The monoisotopic (exact) mass is 293 g/mol. The Hall–Kier alpha value is -0.540. The van der Waals surface area contributed by atoms with Crippen molar-refractivity contribution in [2.24, 2.45) is 22.7 Å². The van der Waals surface area contributed by atoms with Crippen molar-refractivity contribution >= 4 is 18.0 Å². The van der Waals surface area contributed by atoms with E-state index in [1.807, 2.05) is 17.8 Å². The van der Waals surface area contributed by atoms with Crippen LogP contribution in [0.25, 0.3) is 0 Å². The fraction of sp³-hybridized carbons (Fsp3) is 0.706. The highest BCUT2D eigenvalue weighted by Gasteiger charge is 2.32. The number of aliphatic hydroxyl groups is 1. The van der Waals surface area contributed by atoms with Crippen molar-refractivity contribution in [3.05, 3.63) is 22.6 Å². The van der Waals surface area contributed by atoms with E-state index in [-0.39, 0.29) is 6.10 Å². The van der Waals surface area contributed by atoms with Gasteiger partial charge in [0.25, 0.3) is 0 Å². The minimum atomic E-state index is -0.276. The van der Waals surface area contributed by atoms with Crippen LogP contribution in [0.15, 0.2) is 27.6 Å². The third kappa shape index (κ3) is 3.98. The van der Waals surface area contributed by atoms with E-state index in [1.54, 1.807) is 0 Å². The molecule has 0 saturated carbocycles. The highest BCUT2D eigenvalue weighted by molar-refractivity contribution is 8.03. The molecule has 0 aromatic heterocycles. The summed E-state index contributed by atoms with van der Waals surface area (Å²) in [5, 5.41) is 9.78. The van der Waals surface area contributed by atoms with Gasteiger partial charge in [0.1, 0.15) is 0 Å². The number of hydrogen-bond donors (Lipinski definition) is 1. The van der Waals surface area contributed by atoms with Gasteiger partial charge in [0, 0.05) is 17.9 Å². The zero-order valence-electron chi connectivity index (χ0n) is 13.0. The van der Waals surface area contributed by atoms with Gasteiger partial charge < -0.3 is 5.11 Å². The summed E-state index contributed by atoms with van der Waals surface area (Å²) in [5.74, 6) is 3.07. The summed E-state index contributed by atoms with van der Waals surface area (Å²) >= 11 is 1.97. The number of allylic oxidation sites excluding steroid dienone is 3. The first kappa shape index (κ1) is 15.8. The van der Waals surface area contributed by atoms with Crippen LogP contribution in [0.5, 0.6) is 0 Å². The Morgan fingerprint density at radius 2 is 2.20 bits per heavy atom. The highest BCUT2D eigenvalue weighted by Crippen LogP contribution is 2.36. The zero-order chi connectivity index (χ0) is 14.7. The predicted octanol–water partition coefficient (Wildman–Crippen LogP) is 4.07. The predicted molar refractivity (Wildman–Crippen MR) is 89.3 cm³/mol. The van der Waals surface area contributed by atoms with Gasteiger partial charge in [-0.25, -0.2) is 0 Å². The fourth-order valence-electron chi connectivity index (χ4n) is 3.06. The molecule has 0 aromatic rings. The van der Waals surface area contributed by atoms with Gasteiger partial charge in [0.05, 0.1) is 12.1 Å². The highest BCUT2D eigenvalue weighted by atomic mass is 32.2. The van der Waals surface area contributed by atoms with Crippen LogP contribution in [0.2, 0.25) is 0 Å². The molecular weight excluding hydrogens is 266 g/mol. The summed E-state index contributed by atoms with van der Waals surface area (Å²) in [6.45, 7) is 8.90. The van der Waals surface area contributed by atoms with Gasteiger partial charge in [0.15, 0.2) is 0 Å². The van der Waals surface area contributed by atoms with E-state index in [2.05, 4.69) is 45.0 Å². The maximum absolute atomic E-state index is 9.78. The topological polar surface area (TPSA) is 32.6 Å². The Morgan fingerprint density at radius 1 is 1.45 bits per heavy atom. The Labute approximate surface area is 127 Å². The Kier molecular flexibility index (Phi) is 5.50. The molecule has 0 saturated heterocycles. The lowest BCUT2D eigenvalue weighted by Gasteiger charge is -2.24. The molecule has 2 aliphatic rings. The van der Waals surface area contributed by atoms with E-state index in [0.717, 1.165) is 18.6 Å². The summed E-state index contributed by atoms with van der Waals surface area (Å²) in [6.07, 6.45) is 7.95. The maximum Gasteiger partial charge on any atom is 0.0729 e. The molecule has 0 aromatic carbocycles. The second-order valence-electron chi connectivity index (χ2n) is 6.46. The fourth-order valence-corrected chi connectivity index (χ4v) is 4.50. The summed E-state index contributed by atoms with van der Waals surface area (Å²) in [4.78, 5) is 6.03. The Balaban J connectivity index is 1.93. The quantitative estimate of drug-likeness (QED) is 0.847. The van der Waals surface area contributed by atoms with Gasteiger partial charge in [-0.1, -0.05) is 25.5 Å². The molecule has 1 aliphatic heterocycles.